The van der Waals surface area contributed by atoms with Crippen molar-refractivity contribution in [3.05, 3.63) is 18.1 Å². The molecule has 0 fully saturated rings. The van der Waals surface area contributed by atoms with Crippen molar-refractivity contribution in [3.63, 3.8) is 0 Å². The van der Waals surface area contributed by atoms with Gasteiger partial charge in [0, 0.05) is 5.92 Å². The summed E-state index contributed by atoms with van der Waals surface area (Å²) in [6.45, 7) is 4.10. The molecule has 0 atom stereocenters. The van der Waals surface area contributed by atoms with E-state index >= 15 is 0 Å². The highest BCUT2D eigenvalue weighted by molar-refractivity contribution is 5.76. The van der Waals surface area contributed by atoms with E-state index in [-0.39, 0.29) is 0 Å². The molecule has 0 unspecified atom stereocenters. The third kappa shape index (κ3) is 0.958. The van der Waals surface area contributed by atoms with E-state index in [9.17, 15) is 0 Å². The van der Waals surface area contributed by atoms with E-state index in [1.165, 1.54) is 0 Å². The molecule has 0 aliphatic carbocycles. The van der Waals surface area contributed by atoms with E-state index < -0.39 is 0 Å². The second-order valence-electron chi connectivity index (χ2n) is 2.99. The Morgan fingerprint density at radius 3 is 2.92 bits per heavy atom. The van der Waals surface area contributed by atoms with Gasteiger partial charge in [-0.15, -0.1) is 0 Å². The Kier molecular flexibility index (Phi) is 1.53. The van der Waals surface area contributed by atoms with Crippen molar-refractivity contribution in [3.8, 4) is 0 Å². The molecule has 0 aromatic carbocycles. The molecule has 0 aliphatic rings. The number of hydrogen-bond acceptors (Lipinski definition) is 4. The molecule has 62 valence electrons. The highest BCUT2D eigenvalue weighted by atomic mass is 16.5. The van der Waals surface area contributed by atoms with Crippen molar-refractivity contribution in [2.75, 3.05) is 0 Å². The molecule has 0 spiro atoms. The fraction of sp³-hybridized carbons (Fsp3) is 0.375. The van der Waals surface area contributed by atoms with Gasteiger partial charge in [0.25, 0.3) is 0 Å². The lowest BCUT2D eigenvalue weighted by Crippen LogP contribution is -1.94. The van der Waals surface area contributed by atoms with Crippen LogP contribution in [0.2, 0.25) is 0 Å². The lowest BCUT2D eigenvalue weighted by molar-refractivity contribution is 0.450. The molecule has 2 heterocycles. The van der Waals surface area contributed by atoms with Crippen LogP contribution in [0.1, 0.15) is 25.5 Å². The first-order valence-electron chi connectivity index (χ1n) is 3.85. The number of nitrogens with zero attached hydrogens (tertiary/aromatic N) is 3. The summed E-state index contributed by atoms with van der Waals surface area (Å²) in [7, 11) is 0. The van der Waals surface area contributed by atoms with Crippen LogP contribution in [0.4, 0.5) is 0 Å². The Morgan fingerprint density at radius 2 is 2.17 bits per heavy atom. The average molecular weight is 163 g/mol. The van der Waals surface area contributed by atoms with Gasteiger partial charge < -0.3 is 4.52 Å². The van der Waals surface area contributed by atoms with E-state index in [1.807, 2.05) is 13.8 Å². The molecule has 0 amide bonds. The fourth-order valence-corrected chi connectivity index (χ4v) is 1.11. The maximum absolute atomic E-state index is 5.06. The molecule has 0 saturated carbocycles. The summed E-state index contributed by atoms with van der Waals surface area (Å²) >= 11 is 0. The molecule has 0 aliphatic heterocycles. The van der Waals surface area contributed by atoms with Crippen LogP contribution in [-0.4, -0.2) is 15.4 Å². The molecule has 2 aromatic heterocycles. The first-order valence-corrected chi connectivity index (χ1v) is 3.85. The van der Waals surface area contributed by atoms with Crippen molar-refractivity contribution in [1.29, 1.82) is 0 Å². The molecule has 2 rings (SSSR count). The van der Waals surface area contributed by atoms with Crippen LogP contribution < -0.4 is 0 Å². The summed E-state index contributed by atoms with van der Waals surface area (Å²) in [6, 6.07) is 0. The van der Waals surface area contributed by atoms with E-state index in [1.54, 1.807) is 12.4 Å². The van der Waals surface area contributed by atoms with Gasteiger partial charge in [0.2, 0.25) is 0 Å². The number of rotatable bonds is 1. The third-order valence-corrected chi connectivity index (χ3v) is 1.74. The van der Waals surface area contributed by atoms with Crippen LogP contribution in [0, 0.1) is 0 Å². The van der Waals surface area contributed by atoms with Crippen LogP contribution in [0.25, 0.3) is 11.0 Å². The molecular weight excluding hydrogens is 154 g/mol. The molecule has 4 heteroatoms. The van der Waals surface area contributed by atoms with Gasteiger partial charge in [-0.05, 0) is 0 Å². The Hall–Kier alpha value is -1.45. The van der Waals surface area contributed by atoms with Gasteiger partial charge in [0.05, 0.1) is 17.8 Å². The van der Waals surface area contributed by atoms with Gasteiger partial charge >= 0.3 is 0 Å². The first kappa shape index (κ1) is 7.21. The quantitative estimate of drug-likeness (QED) is 0.642. The van der Waals surface area contributed by atoms with Crippen molar-refractivity contribution in [1.82, 2.24) is 15.4 Å². The van der Waals surface area contributed by atoms with Crippen molar-refractivity contribution < 1.29 is 4.52 Å². The lowest BCUT2D eigenvalue weighted by atomic mass is 10.1. The van der Waals surface area contributed by atoms with Crippen LogP contribution >= 0.6 is 0 Å². The fourth-order valence-electron chi connectivity index (χ4n) is 1.11. The minimum Gasteiger partial charge on any atom is -0.354 e. The maximum atomic E-state index is 5.06. The van der Waals surface area contributed by atoms with Crippen molar-refractivity contribution in [2.45, 2.75) is 19.8 Å². The summed E-state index contributed by atoms with van der Waals surface area (Å²) in [5.74, 6) is 0.314. The van der Waals surface area contributed by atoms with E-state index in [2.05, 4.69) is 15.4 Å². The van der Waals surface area contributed by atoms with Gasteiger partial charge in [-0.25, -0.2) is 0 Å². The molecule has 0 bridgehead atoms. The van der Waals surface area contributed by atoms with E-state index in [0.29, 0.717) is 5.92 Å². The molecule has 4 nitrogen and oxygen atoms in total. The molecule has 12 heavy (non-hydrogen) atoms. The lowest BCUT2D eigenvalue weighted by Gasteiger charge is -2.00. The van der Waals surface area contributed by atoms with Gasteiger partial charge in [-0.3, -0.25) is 0 Å². The minimum atomic E-state index is 0.314. The number of fused-ring (bicyclic) bond motifs is 1. The molecule has 0 N–H and O–H groups in total. The molecule has 2 aromatic rings. The normalized spacial score (nSPS) is 11.2. The van der Waals surface area contributed by atoms with Gasteiger partial charge in [0.1, 0.15) is 5.69 Å². The van der Waals surface area contributed by atoms with Crippen molar-refractivity contribution in [2.24, 2.45) is 0 Å². The van der Waals surface area contributed by atoms with Crippen LogP contribution in [0.5, 0.6) is 0 Å². The van der Waals surface area contributed by atoms with E-state index in [4.69, 9.17) is 4.52 Å². The third-order valence-electron chi connectivity index (χ3n) is 1.74. The largest absolute Gasteiger partial charge is 0.354 e. The summed E-state index contributed by atoms with van der Waals surface area (Å²) in [6.07, 6.45) is 3.30. The zero-order valence-electron chi connectivity index (χ0n) is 6.98. The minimum absolute atomic E-state index is 0.314. The molecule has 0 radical (unpaired) electrons. The van der Waals surface area contributed by atoms with Gasteiger partial charge in [-0.1, -0.05) is 19.0 Å². The number of aromatic nitrogens is 3. The summed E-state index contributed by atoms with van der Waals surface area (Å²) < 4.78 is 5.06. The predicted octanol–water partition coefficient (Wildman–Crippen LogP) is 1.74. The van der Waals surface area contributed by atoms with Gasteiger partial charge in [0.15, 0.2) is 5.58 Å². The second kappa shape index (κ2) is 2.55. The Morgan fingerprint density at radius 1 is 1.33 bits per heavy atom. The smallest absolute Gasteiger partial charge is 0.191 e. The van der Waals surface area contributed by atoms with Crippen LogP contribution in [0.15, 0.2) is 16.9 Å². The van der Waals surface area contributed by atoms with Crippen molar-refractivity contribution >= 4 is 11.0 Å². The standard InChI is InChI=1S/C8H9N3O/c1-5(2)7-8-6(3-9-11-7)4-10-12-8/h3-5H,1-2H3. The second-order valence-corrected chi connectivity index (χ2v) is 2.99. The highest BCUT2D eigenvalue weighted by Gasteiger charge is 2.10. The first-order chi connectivity index (χ1) is 5.79. The Bertz CT molecular complexity index is 394. The zero-order valence-corrected chi connectivity index (χ0v) is 6.98. The Balaban J connectivity index is 2.73. The topological polar surface area (TPSA) is 51.8 Å². The monoisotopic (exact) mass is 163 g/mol. The molecule has 0 saturated heterocycles. The van der Waals surface area contributed by atoms with Crippen LogP contribution in [-0.2, 0) is 0 Å². The zero-order chi connectivity index (χ0) is 8.55. The Labute approximate surface area is 69.6 Å². The SMILES string of the molecule is CC(C)c1nncc2cnoc12. The van der Waals surface area contributed by atoms with Crippen LogP contribution in [0.3, 0.4) is 0 Å². The van der Waals surface area contributed by atoms with Gasteiger partial charge in [-0.2, -0.15) is 10.2 Å². The summed E-state index contributed by atoms with van der Waals surface area (Å²) in [5, 5.41) is 12.5. The summed E-state index contributed by atoms with van der Waals surface area (Å²) in [5.41, 5.74) is 1.62. The predicted molar refractivity (Wildman–Crippen MR) is 43.7 cm³/mol. The maximum Gasteiger partial charge on any atom is 0.191 e. The summed E-state index contributed by atoms with van der Waals surface area (Å²) in [4.78, 5) is 0. The number of hydrogen-bond donors (Lipinski definition) is 0. The average Bonchev–Trinajstić information content (AvgIpc) is 2.49. The molecular formula is C8H9N3O. The highest BCUT2D eigenvalue weighted by Crippen LogP contribution is 2.20. The van der Waals surface area contributed by atoms with E-state index in [0.717, 1.165) is 16.7 Å².